The van der Waals surface area contributed by atoms with Crippen LogP contribution in [0.1, 0.15) is 52.4 Å². The van der Waals surface area contributed by atoms with Crippen LogP contribution >= 0.6 is 0 Å². The lowest BCUT2D eigenvalue weighted by Gasteiger charge is -2.06. The fourth-order valence-electron chi connectivity index (χ4n) is 1.17. The highest BCUT2D eigenvalue weighted by molar-refractivity contribution is 5.74. The van der Waals surface area contributed by atoms with Crippen LogP contribution in [0.5, 0.6) is 0 Å². The number of carbonyl (C=O) groups is 1. The summed E-state index contributed by atoms with van der Waals surface area (Å²) in [6, 6.07) is -0.821. The summed E-state index contributed by atoms with van der Waals surface area (Å²) >= 11 is 0. The van der Waals surface area contributed by atoms with Gasteiger partial charge < -0.3 is 21.9 Å². The zero-order valence-corrected chi connectivity index (χ0v) is 11.5. The zero-order chi connectivity index (χ0) is 14.4. The predicted octanol–water partition coefficient (Wildman–Crippen LogP) is 1.25. The number of hydrogen-bond donors (Lipinski definition) is 5. The second-order valence-electron chi connectivity index (χ2n) is 4.13. The molecule has 0 aromatic heterocycles. The quantitative estimate of drug-likeness (QED) is 0.255. The molecule has 0 aliphatic heterocycles. The minimum atomic E-state index is -1.00. The first kappa shape index (κ1) is 19.0. The monoisotopic (exact) mass is 260 g/mol. The molecule has 0 saturated heterocycles. The van der Waals surface area contributed by atoms with E-state index >= 15 is 0 Å². The Bertz CT molecular complexity index is 218. The number of unbranched alkanes of at least 4 members (excludes halogenated alkanes) is 3. The van der Waals surface area contributed by atoms with Gasteiger partial charge in [-0.15, -0.1) is 0 Å². The van der Waals surface area contributed by atoms with E-state index in [0.717, 1.165) is 0 Å². The number of aliphatic carboxylic acids is 1. The molecule has 0 radical (unpaired) electrons. The van der Waals surface area contributed by atoms with Crippen LogP contribution < -0.4 is 16.8 Å². The van der Waals surface area contributed by atoms with Crippen LogP contribution in [-0.4, -0.2) is 29.6 Å². The first-order valence-electron chi connectivity index (χ1n) is 6.51. The number of carboxylic acids is 1. The highest BCUT2D eigenvalue weighted by atomic mass is 16.4. The Hall–Kier alpha value is -1.30. The molecule has 0 aromatic rings. The van der Waals surface area contributed by atoms with Crippen molar-refractivity contribution in [3.63, 3.8) is 0 Å². The molecule has 108 valence electrons. The summed E-state index contributed by atoms with van der Waals surface area (Å²) in [6.45, 7) is 4.95. The smallest absolute Gasteiger partial charge is 0.320 e. The molecule has 0 aliphatic carbocycles. The number of rotatable bonds is 8. The molecule has 0 rings (SSSR count). The van der Waals surface area contributed by atoms with Gasteiger partial charge in [-0.1, -0.05) is 39.5 Å². The molecule has 0 aliphatic rings. The summed E-state index contributed by atoms with van der Waals surface area (Å²) in [5.74, 6) is -1.11. The molecular weight excluding hydrogens is 232 g/mol. The summed E-state index contributed by atoms with van der Waals surface area (Å²) in [4.78, 5) is 10.2. The minimum Gasteiger partial charge on any atom is -0.480 e. The molecule has 7 N–H and O–H groups in total. The molecule has 0 fully saturated rings. The number of nitrogens with one attached hydrogen (secondary N) is 2. The topological polar surface area (TPSA) is 125 Å². The zero-order valence-electron chi connectivity index (χ0n) is 11.5. The van der Waals surface area contributed by atoms with Crippen molar-refractivity contribution in [2.45, 2.75) is 58.4 Å². The van der Waals surface area contributed by atoms with Crippen molar-refractivity contribution >= 4 is 11.9 Å². The van der Waals surface area contributed by atoms with Crippen molar-refractivity contribution in [1.29, 1.82) is 5.41 Å². The average molecular weight is 260 g/mol. The van der Waals surface area contributed by atoms with Crippen molar-refractivity contribution < 1.29 is 9.90 Å². The predicted molar refractivity (Wildman–Crippen MR) is 74.6 cm³/mol. The Kier molecular flexibility index (Phi) is 14.6. The van der Waals surface area contributed by atoms with E-state index in [4.69, 9.17) is 22.0 Å². The highest BCUT2D eigenvalue weighted by Crippen LogP contribution is 1.95. The van der Waals surface area contributed by atoms with Gasteiger partial charge in [0.2, 0.25) is 0 Å². The van der Waals surface area contributed by atoms with E-state index in [9.17, 15) is 4.79 Å². The lowest BCUT2D eigenvalue weighted by molar-refractivity contribution is -0.138. The van der Waals surface area contributed by atoms with Gasteiger partial charge in [0.05, 0.1) is 0 Å². The minimum absolute atomic E-state index is 0.112. The second-order valence-corrected chi connectivity index (χ2v) is 4.13. The fourth-order valence-corrected chi connectivity index (χ4v) is 1.17. The maximum Gasteiger partial charge on any atom is 0.320 e. The molecule has 0 aromatic carbocycles. The molecule has 6 nitrogen and oxygen atoms in total. The Balaban J connectivity index is 0. The van der Waals surface area contributed by atoms with E-state index in [2.05, 4.69) is 19.2 Å². The lowest BCUT2D eigenvalue weighted by Crippen LogP contribution is -2.34. The van der Waals surface area contributed by atoms with Gasteiger partial charge in [-0.05, 0) is 12.8 Å². The van der Waals surface area contributed by atoms with Gasteiger partial charge in [-0.25, -0.2) is 0 Å². The lowest BCUT2D eigenvalue weighted by atomic mass is 10.2. The Morgan fingerprint density at radius 1 is 1.28 bits per heavy atom. The SMILES string of the molecule is CCCCCC.N=C(N)NCCC[C@H](N)C(=O)O. The fraction of sp³-hybridized carbons (Fsp3) is 0.833. The van der Waals surface area contributed by atoms with E-state index < -0.39 is 12.0 Å². The Morgan fingerprint density at radius 3 is 2.11 bits per heavy atom. The molecule has 0 heterocycles. The van der Waals surface area contributed by atoms with Crippen LogP contribution in [0.2, 0.25) is 0 Å². The van der Waals surface area contributed by atoms with Crippen molar-refractivity contribution in [3.05, 3.63) is 0 Å². The van der Waals surface area contributed by atoms with E-state index in [1.807, 2.05) is 0 Å². The molecule has 1 atom stereocenters. The average Bonchev–Trinajstić information content (AvgIpc) is 2.32. The summed E-state index contributed by atoms with van der Waals surface area (Å²) in [7, 11) is 0. The van der Waals surface area contributed by atoms with Crippen LogP contribution in [0.4, 0.5) is 0 Å². The number of nitrogens with two attached hydrogens (primary N) is 2. The summed E-state index contributed by atoms with van der Waals surface area (Å²) < 4.78 is 0. The maximum atomic E-state index is 10.2. The van der Waals surface area contributed by atoms with Crippen LogP contribution in [0.15, 0.2) is 0 Å². The summed E-state index contributed by atoms with van der Waals surface area (Å²) in [5, 5.41) is 17.7. The van der Waals surface area contributed by atoms with E-state index in [0.29, 0.717) is 19.4 Å². The molecule has 18 heavy (non-hydrogen) atoms. The standard InChI is InChI=1S/C6H14N4O2.C6H14/c7-4(5(11)12)2-1-3-10-6(8)9;1-3-5-6-4-2/h4H,1-3,7H2,(H,11,12)(H4,8,9,10);3-6H2,1-2H3/t4-;/m0./s1. The third-order valence-electron chi connectivity index (χ3n) is 2.28. The number of guanidine groups is 1. The van der Waals surface area contributed by atoms with Crippen molar-refractivity contribution in [2.24, 2.45) is 11.5 Å². The van der Waals surface area contributed by atoms with Gasteiger partial charge in [0.25, 0.3) is 0 Å². The Morgan fingerprint density at radius 2 is 1.78 bits per heavy atom. The molecular formula is C12H28N4O2. The van der Waals surface area contributed by atoms with Gasteiger partial charge in [0.1, 0.15) is 6.04 Å². The maximum absolute atomic E-state index is 10.2. The van der Waals surface area contributed by atoms with Crippen molar-refractivity contribution in [3.8, 4) is 0 Å². The molecule has 0 unspecified atom stereocenters. The normalized spacial score (nSPS) is 11.1. The van der Waals surface area contributed by atoms with Gasteiger partial charge in [-0.3, -0.25) is 10.2 Å². The summed E-state index contributed by atoms with van der Waals surface area (Å²) in [5.41, 5.74) is 10.2. The molecule has 0 spiro atoms. The Labute approximate surface area is 110 Å². The molecule has 0 bridgehead atoms. The van der Waals surface area contributed by atoms with E-state index in [-0.39, 0.29) is 5.96 Å². The van der Waals surface area contributed by atoms with Crippen molar-refractivity contribution in [1.82, 2.24) is 5.32 Å². The van der Waals surface area contributed by atoms with Crippen LogP contribution in [0.3, 0.4) is 0 Å². The van der Waals surface area contributed by atoms with Crippen molar-refractivity contribution in [2.75, 3.05) is 6.54 Å². The van der Waals surface area contributed by atoms with E-state index in [1.165, 1.54) is 25.7 Å². The van der Waals surface area contributed by atoms with Gasteiger partial charge in [0.15, 0.2) is 5.96 Å². The third kappa shape index (κ3) is 17.1. The largest absolute Gasteiger partial charge is 0.480 e. The second kappa shape index (κ2) is 13.8. The highest BCUT2D eigenvalue weighted by Gasteiger charge is 2.09. The number of hydrogen-bond acceptors (Lipinski definition) is 3. The molecule has 0 saturated carbocycles. The number of carboxylic acid groups (broad SMARTS) is 1. The molecule has 6 heteroatoms. The van der Waals surface area contributed by atoms with Gasteiger partial charge in [0, 0.05) is 6.54 Å². The van der Waals surface area contributed by atoms with Gasteiger partial charge >= 0.3 is 5.97 Å². The first-order valence-corrected chi connectivity index (χ1v) is 6.51. The van der Waals surface area contributed by atoms with Gasteiger partial charge in [-0.2, -0.15) is 0 Å². The first-order chi connectivity index (χ1) is 8.45. The van der Waals surface area contributed by atoms with Crippen LogP contribution in [0.25, 0.3) is 0 Å². The van der Waals surface area contributed by atoms with E-state index in [1.54, 1.807) is 0 Å². The van der Waals surface area contributed by atoms with Crippen LogP contribution in [0, 0.1) is 5.41 Å². The summed E-state index contributed by atoms with van der Waals surface area (Å²) in [6.07, 6.45) is 6.51. The van der Waals surface area contributed by atoms with Crippen LogP contribution in [-0.2, 0) is 4.79 Å². The third-order valence-corrected chi connectivity index (χ3v) is 2.28. The molecule has 0 amide bonds.